The number of benzene rings is 2. The van der Waals surface area contributed by atoms with Gasteiger partial charge in [-0.1, -0.05) is 29.8 Å². The van der Waals surface area contributed by atoms with Crippen LogP contribution in [0.4, 0.5) is 0 Å². The summed E-state index contributed by atoms with van der Waals surface area (Å²) in [5.74, 6) is -0.351. The highest BCUT2D eigenvalue weighted by Gasteiger charge is 2.03. The van der Waals surface area contributed by atoms with Gasteiger partial charge in [-0.05, 0) is 35.9 Å². The van der Waals surface area contributed by atoms with Gasteiger partial charge in [-0.25, -0.2) is 5.43 Å². The summed E-state index contributed by atoms with van der Waals surface area (Å²) in [4.78, 5) is 11.7. The van der Waals surface area contributed by atoms with E-state index in [1.165, 1.54) is 18.3 Å². The van der Waals surface area contributed by atoms with Gasteiger partial charge in [-0.15, -0.1) is 0 Å². The number of halogens is 1. The van der Waals surface area contributed by atoms with Gasteiger partial charge in [0.05, 0.1) is 6.21 Å². The number of hydrogen-bond acceptors (Lipinski definition) is 3. The molecule has 0 aliphatic carbocycles. The summed E-state index contributed by atoms with van der Waals surface area (Å²) >= 11 is 5.75. The Kier molecular flexibility index (Phi) is 4.15. The van der Waals surface area contributed by atoms with Gasteiger partial charge in [0.25, 0.3) is 5.91 Å². The first kappa shape index (κ1) is 13.1. The van der Waals surface area contributed by atoms with Crippen molar-refractivity contribution in [2.24, 2.45) is 5.10 Å². The number of hydrazone groups is 1. The number of carbonyl (C=O) groups excluding carboxylic acids is 1. The quantitative estimate of drug-likeness (QED) is 0.668. The van der Waals surface area contributed by atoms with Gasteiger partial charge < -0.3 is 5.11 Å². The molecular weight excluding hydrogens is 264 g/mol. The van der Waals surface area contributed by atoms with Crippen molar-refractivity contribution in [1.29, 1.82) is 0 Å². The Balaban J connectivity index is 1.98. The Labute approximate surface area is 115 Å². The molecule has 2 aromatic rings. The molecule has 0 saturated carbocycles. The van der Waals surface area contributed by atoms with Crippen LogP contribution in [0.5, 0.6) is 5.75 Å². The summed E-state index contributed by atoms with van der Waals surface area (Å²) in [6.45, 7) is 0. The summed E-state index contributed by atoms with van der Waals surface area (Å²) in [5.41, 5.74) is 3.54. The normalized spacial score (nSPS) is 10.6. The average Bonchev–Trinajstić information content (AvgIpc) is 2.41. The average molecular weight is 275 g/mol. The number of rotatable bonds is 3. The first-order valence-corrected chi connectivity index (χ1v) is 5.91. The maximum Gasteiger partial charge on any atom is 0.271 e. The van der Waals surface area contributed by atoms with Crippen molar-refractivity contribution in [3.63, 3.8) is 0 Å². The molecule has 2 N–H and O–H groups in total. The fourth-order valence-electron chi connectivity index (χ4n) is 1.43. The molecule has 0 radical (unpaired) electrons. The molecule has 5 heteroatoms. The first-order chi connectivity index (χ1) is 9.15. The van der Waals surface area contributed by atoms with Crippen LogP contribution in [0.2, 0.25) is 5.02 Å². The Hall–Kier alpha value is -2.33. The molecule has 2 aromatic carbocycles. The van der Waals surface area contributed by atoms with E-state index in [2.05, 4.69) is 10.5 Å². The fraction of sp³-hybridized carbons (Fsp3) is 0. The van der Waals surface area contributed by atoms with Gasteiger partial charge in [0.2, 0.25) is 0 Å². The maximum atomic E-state index is 11.7. The lowest BCUT2D eigenvalue weighted by Gasteiger charge is -2.00. The Bertz CT molecular complexity index is 609. The van der Waals surface area contributed by atoms with Gasteiger partial charge in [-0.2, -0.15) is 5.10 Å². The number of phenolic OH excluding ortho intramolecular Hbond substituents is 1. The molecule has 0 fully saturated rings. The minimum Gasteiger partial charge on any atom is -0.508 e. The maximum absolute atomic E-state index is 11.7. The molecule has 0 heterocycles. The van der Waals surface area contributed by atoms with Crippen LogP contribution in [-0.2, 0) is 0 Å². The van der Waals surface area contributed by atoms with Crippen LogP contribution in [0.15, 0.2) is 53.6 Å². The number of aromatic hydroxyl groups is 1. The molecule has 1 amide bonds. The number of nitrogens with one attached hydrogen (secondary N) is 1. The lowest BCUT2D eigenvalue weighted by molar-refractivity contribution is 0.0954. The van der Waals surface area contributed by atoms with Gasteiger partial charge in [0.15, 0.2) is 0 Å². The number of hydrogen-bond donors (Lipinski definition) is 2. The predicted molar refractivity (Wildman–Crippen MR) is 74.6 cm³/mol. The second kappa shape index (κ2) is 6.02. The third-order valence-corrected chi connectivity index (χ3v) is 2.61. The second-order valence-corrected chi connectivity index (χ2v) is 4.24. The molecule has 0 atom stereocenters. The first-order valence-electron chi connectivity index (χ1n) is 5.53. The topological polar surface area (TPSA) is 61.7 Å². The van der Waals surface area contributed by atoms with Crippen molar-refractivity contribution in [2.75, 3.05) is 0 Å². The van der Waals surface area contributed by atoms with Crippen LogP contribution in [0.1, 0.15) is 15.9 Å². The van der Waals surface area contributed by atoms with E-state index in [1.54, 1.807) is 36.4 Å². The van der Waals surface area contributed by atoms with Crippen LogP contribution < -0.4 is 5.43 Å². The molecule has 0 aromatic heterocycles. The third kappa shape index (κ3) is 3.82. The van der Waals surface area contributed by atoms with E-state index in [1.807, 2.05) is 0 Å². The lowest BCUT2D eigenvalue weighted by atomic mass is 10.2. The van der Waals surface area contributed by atoms with Gasteiger partial charge in [0, 0.05) is 10.6 Å². The van der Waals surface area contributed by atoms with E-state index in [-0.39, 0.29) is 11.7 Å². The fourth-order valence-corrected chi connectivity index (χ4v) is 1.55. The molecule has 0 bridgehead atoms. The van der Waals surface area contributed by atoms with Crippen molar-refractivity contribution in [1.82, 2.24) is 5.43 Å². The van der Waals surface area contributed by atoms with Crippen molar-refractivity contribution < 1.29 is 9.90 Å². The van der Waals surface area contributed by atoms with Gasteiger partial charge >= 0.3 is 0 Å². The molecule has 96 valence electrons. The largest absolute Gasteiger partial charge is 0.508 e. The zero-order valence-electron chi connectivity index (χ0n) is 9.88. The van der Waals surface area contributed by atoms with E-state index in [0.717, 1.165) is 5.56 Å². The Morgan fingerprint density at radius 2 is 1.95 bits per heavy atom. The minimum absolute atomic E-state index is 0.0364. The van der Waals surface area contributed by atoms with Crippen molar-refractivity contribution in [3.05, 3.63) is 64.7 Å². The summed E-state index contributed by atoms with van der Waals surface area (Å²) in [5, 5.41) is 13.7. The summed E-state index contributed by atoms with van der Waals surface area (Å²) in [7, 11) is 0. The number of nitrogens with zero attached hydrogens (tertiary/aromatic N) is 1. The molecule has 0 aliphatic rings. The molecule has 2 rings (SSSR count). The Morgan fingerprint density at radius 1 is 1.21 bits per heavy atom. The lowest BCUT2D eigenvalue weighted by Crippen LogP contribution is -2.17. The highest BCUT2D eigenvalue weighted by Crippen LogP contribution is 2.10. The third-order valence-electron chi connectivity index (χ3n) is 2.36. The minimum atomic E-state index is -0.388. The SMILES string of the molecule is O=C(NN=Cc1ccc(Cl)cc1)c1cccc(O)c1. The van der Waals surface area contributed by atoms with E-state index in [9.17, 15) is 9.90 Å². The molecule has 19 heavy (non-hydrogen) atoms. The molecule has 0 unspecified atom stereocenters. The van der Waals surface area contributed by atoms with Crippen molar-refractivity contribution >= 4 is 23.7 Å². The van der Waals surface area contributed by atoms with Crippen LogP contribution >= 0.6 is 11.6 Å². The van der Waals surface area contributed by atoms with Crippen LogP contribution in [0.25, 0.3) is 0 Å². The van der Waals surface area contributed by atoms with Crippen molar-refractivity contribution in [2.45, 2.75) is 0 Å². The van der Waals surface area contributed by atoms with Crippen LogP contribution in [-0.4, -0.2) is 17.2 Å². The van der Waals surface area contributed by atoms with E-state index < -0.39 is 0 Å². The van der Waals surface area contributed by atoms with Gasteiger partial charge in [-0.3, -0.25) is 4.79 Å². The summed E-state index contributed by atoms with van der Waals surface area (Å²) in [6, 6.07) is 13.1. The van der Waals surface area contributed by atoms with Gasteiger partial charge in [0.1, 0.15) is 5.75 Å². The van der Waals surface area contributed by atoms with Crippen LogP contribution in [0, 0.1) is 0 Å². The highest BCUT2D eigenvalue weighted by molar-refractivity contribution is 6.30. The van der Waals surface area contributed by atoms with E-state index in [4.69, 9.17) is 11.6 Å². The molecule has 0 saturated heterocycles. The zero-order valence-corrected chi connectivity index (χ0v) is 10.6. The number of amides is 1. The van der Waals surface area contributed by atoms with E-state index in [0.29, 0.717) is 10.6 Å². The monoisotopic (exact) mass is 274 g/mol. The van der Waals surface area contributed by atoms with Crippen LogP contribution in [0.3, 0.4) is 0 Å². The molecule has 4 nitrogen and oxygen atoms in total. The molecular formula is C14H11ClN2O2. The Morgan fingerprint density at radius 3 is 2.63 bits per heavy atom. The smallest absolute Gasteiger partial charge is 0.271 e. The molecule has 0 aliphatic heterocycles. The predicted octanol–water partition coefficient (Wildman–Crippen LogP) is 2.81. The highest BCUT2D eigenvalue weighted by atomic mass is 35.5. The second-order valence-electron chi connectivity index (χ2n) is 3.80. The van der Waals surface area contributed by atoms with Crippen molar-refractivity contribution in [3.8, 4) is 5.75 Å². The zero-order chi connectivity index (χ0) is 13.7. The summed E-state index contributed by atoms with van der Waals surface area (Å²) < 4.78 is 0. The summed E-state index contributed by atoms with van der Waals surface area (Å²) in [6.07, 6.45) is 1.51. The molecule has 0 spiro atoms. The number of carbonyl (C=O) groups is 1. The number of phenols is 1. The standard InChI is InChI=1S/C14H11ClN2O2/c15-12-6-4-10(5-7-12)9-16-17-14(19)11-2-1-3-13(18)8-11/h1-9,18H,(H,17,19). The van der Waals surface area contributed by atoms with E-state index >= 15 is 0 Å².